The fraction of sp³-hybridized carbons (Fsp3) is 0.194. The number of carbonyl (C=O) groups excluding carboxylic acids is 1. The fourth-order valence-electron chi connectivity index (χ4n) is 5.07. The highest BCUT2D eigenvalue weighted by molar-refractivity contribution is 7.99. The molecular formula is C31H26N6OS2. The van der Waals surface area contributed by atoms with Crippen LogP contribution in [0.25, 0.3) is 33.5 Å². The van der Waals surface area contributed by atoms with Gasteiger partial charge in [0.15, 0.2) is 11.0 Å². The summed E-state index contributed by atoms with van der Waals surface area (Å²) in [6, 6.07) is 22.4. The number of amides is 1. The van der Waals surface area contributed by atoms with E-state index in [0.29, 0.717) is 28.1 Å². The first kappa shape index (κ1) is 26.0. The lowest BCUT2D eigenvalue weighted by molar-refractivity contribution is -0.113. The Hall–Kier alpha value is -4.26. The quantitative estimate of drug-likeness (QED) is 0.163. The Kier molecular flexibility index (Phi) is 7.45. The zero-order valence-electron chi connectivity index (χ0n) is 21.8. The number of nitriles is 1. The highest BCUT2D eigenvalue weighted by atomic mass is 32.2. The molecule has 0 atom stereocenters. The molecule has 3 heterocycles. The van der Waals surface area contributed by atoms with Crippen LogP contribution in [-0.4, -0.2) is 31.4 Å². The summed E-state index contributed by atoms with van der Waals surface area (Å²) in [5.74, 6) is 0.668. The maximum absolute atomic E-state index is 13.0. The zero-order valence-corrected chi connectivity index (χ0v) is 23.4. The van der Waals surface area contributed by atoms with E-state index in [1.54, 1.807) is 6.08 Å². The molecule has 6 rings (SSSR count). The van der Waals surface area contributed by atoms with E-state index in [1.807, 2.05) is 65.2 Å². The molecular weight excluding hydrogens is 537 g/mol. The fourth-order valence-corrected chi connectivity index (χ4v) is 7.07. The lowest BCUT2D eigenvalue weighted by Crippen LogP contribution is -2.14. The standard InChI is InChI=1S/C31H26N6OS2/c1-2-16-37-29(23-17-26(20-10-4-3-5-11-20)33-25-14-8-6-12-21(23)25)35-36-31(37)39-19-28(38)34-30-24(18-32)22-13-7-9-15-27(22)40-30/h2-6,8,10-12,14,17H,1,7,9,13,15-16,19H2,(H,34,38). The van der Waals surface area contributed by atoms with E-state index in [4.69, 9.17) is 4.98 Å². The van der Waals surface area contributed by atoms with Crippen molar-refractivity contribution in [1.29, 1.82) is 5.26 Å². The predicted molar refractivity (Wildman–Crippen MR) is 161 cm³/mol. The van der Waals surface area contributed by atoms with Crippen molar-refractivity contribution in [1.82, 2.24) is 19.7 Å². The molecule has 9 heteroatoms. The molecule has 0 radical (unpaired) electrons. The van der Waals surface area contributed by atoms with Gasteiger partial charge in [-0.2, -0.15) is 5.26 Å². The van der Waals surface area contributed by atoms with Crippen LogP contribution in [0, 0.1) is 11.3 Å². The number of anilines is 1. The number of pyridine rings is 1. The number of carbonyl (C=O) groups is 1. The van der Waals surface area contributed by atoms with Gasteiger partial charge in [-0.3, -0.25) is 9.36 Å². The van der Waals surface area contributed by atoms with E-state index >= 15 is 0 Å². The van der Waals surface area contributed by atoms with Gasteiger partial charge in [-0.25, -0.2) is 4.98 Å². The first-order chi connectivity index (χ1) is 19.7. The number of benzene rings is 2. The number of hydrogen-bond acceptors (Lipinski definition) is 7. The molecule has 1 amide bonds. The third kappa shape index (κ3) is 5.04. The van der Waals surface area contributed by atoms with Crippen molar-refractivity contribution in [3.05, 3.63) is 89.3 Å². The second-order valence-electron chi connectivity index (χ2n) is 9.51. The Morgan fingerprint density at radius 3 is 2.75 bits per heavy atom. The molecule has 0 spiro atoms. The maximum Gasteiger partial charge on any atom is 0.235 e. The number of rotatable bonds is 8. The molecule has 7 nitrogen and oxygen atoms in total. The van der Waals surface area contributed by atoms with Gasteiger partial charge in [0.2, 0.25) is 5.91 Å². The number of fused-ring (bicyclic) bond motifs is 2. The molecule has 2 aromatic carbocycles. The lowest BCUT2D eigenvalue weighted by Gasteiger charge is -2.12. The molecule has 0 fully saturated rings. The SMILES string of the molecule is C=CCn1c(SCC(=O)Nc2sc3c(c2C#N)CCCC3)nnc1-c1cc(-c2ccccc2)nc2ccccc12. The summed E-state index contributed by atoms with van der Waals surface area (Å²) in [5.41, 5.74) is 5.38. The smallest absolute Gasteiger partial charge is 0.235 e. The van der Waals surface area contributed by atoms with Crippen molar-refractivity contribution in [2.24, 2.45) is 0 Å². The molecule has 0 unspecified atom stereocenters. The van der Waals surface area contributed by atoms with Crippen LogP contribution in [0.3, 0.4) is 0 Å². The normalized spacial score (nSPS) is 12.6. The van der Waals surface area contributed by atoms with Crippen molar-refractivity contribution in [2.45, 2.75) is 37.4 Å². The van der Waals surface area contributed by atoms with Gasteiger partial charge in [-0.1, -0.05) is 66.4 Å². The van der Waals surface area contributed by atoms with Crippen LogP contribution in [0.5, 0.6) is 0 Å². The van der Waals surface area contributed by atoms with Crippen LogP contribution in [0.15, 0.2) is 78.5 Å². The largest absolute Gasteiger partial charge is 0.316 e. The third-order valence-electron chi connectivity index (χ3n) is 6.92. The number of nitrogens with one attached hydrogen (secondary N) is 1. The Labute approximate surface area is 240 Å². The Morgan fingerprint density at radius 2 is 1.93 bits per heavy atom. The van der Waals surface area contributed by atoms with Crippen molar-refractivity contribution in [3.8, 4) is 28.7 Å². The summed E-state index contributed by atoms with van der Waals surface area (Å²) in [4.78, 5) is 19.1. The van der Waals surface area contributed by atoms with E-state index in [2.05, 4.69) is 28.2 Å². The second-order valence-corrected chi connectivity index (χ2v) is 11.6. The summed E-state index contributed by atoms with van der Waals surface area (Å²) >= 11 is 2.85. The monoisotopic (exact) mass is 562 g/mol. The van der Waals surface area contributed by atoms with Crippen LogP contribution in [0.4, 0.5) is 5.00 Å². The number of nitrogens with zero attached hydrogens (tertiary/aromatic N) is 5. The zero-order chi connectivity index (χ0) is 27.5. The predicted octanol–water partition coefficient (Wildman–Crippen LogP) is 6.89. The van der Waals surface area contributed by atoms with Crippen LogP contribution in [0.2, 0.25) is 0 Å². The molecule has 5 aromatic rings. The molecule has 198 valence electrons. The van der Waals surface area contributed by atoms with Crippen molar-refractivity contribution >= 4 is 44.9 Å². The van der Waals surface area contributed by atoms with E-state index < -0.39 is 0 Å². The third-order valence-corrected chi connectivity index (χ3v) is 9.10. The molecule has 40 heavy (non-hydrogen) atoms. The molecule has 0 aliphatic heterocycles. The minimum Gasteiger partial charge on any atom is -0.316 e. The molecule has 1 aliphatic rings. The average molecular weight is 563 g/mol. The number of hydrogen-bond donors (Lipinski definition) is 1. The second kappa shape index (κ2) is 11.5. The molecule has 0 saturated heterocycles. The molecule has 1 aliphatic carbocycles. The minimum atomic E-state index is -0.171. The van der Waals surface area contributed by atoms with Gasteiger partial charge >= 0.3 is 0 Å². The van der Waals surface area contributed by atoms with Crippen LogP contribution >= 0.6 is 23.1 Å². The maximum atomic E-state index is 13.0. The summed E-state index contributed by atoms with van der Waals surface area (Å²) in [7, 11) is 0. The lowest BCUT2D eigenvalue weighted by atomic mass is 9.96. The average Bonchev–Trinajstić information content (AvgIpc) is 3.56. The highest BCUT2D eigenvalue weighted by Gasteiger charge is 2.23. The van der Waals surface area contributed by atoms with E-state index in [-0.39, 0.29) is 11.7 Å². The van der Waals surface area contributed by atoms with Gasteiger partial charge < -0.3 is 5.32 Å². The number of thioether (sulfide) groups is 1. The van der Waals surface area contributed by atoms with Gasteiger partial charge in [0.25, 0.3) is 0 Å². The topological polar surface area (TPSA) is 96.5 Å². The summed E-state index contributed by atoms with van der Waals surface area (Å²) < 4.78 is 1.98. The number of aromatic nitrogens is 4. The van der Waals surface area contributed by atoms with Crippen molar-refractivity contribution in [3.63, 3.8) is 0 Å². The van der Waals surface area contributed by atoms with Gasteiger partial charge in [-0.15, -0.1) is 28.1 Å². The molecule has 1 N–H and O–H groups in total. The van der Waals surface area contributed by atoms with Crippen LogP contribution in [0.1, 0.15) is 28.8 Å². The highest BCUT2D eigenvalue weighted by Crippen LogP contribution is 2.38. The van der Waals surface area contributed by atoms with E-state index in [1.165, 1.54) is 28.0 Å². The van der Waals surface area contributed by atoms with E-state index in [0.717, 1.165) is 59.0 Å². The Balaban J connectivity index is 1.29. The van der Waals surface area contributed by atoms with Gasteiger partial charge in [-0.05, 0) is 43.4 Å². The molecule has 0 saturated carbocycles. The van der Waals surface area contributed by atoms with Crippen LogP contribution in [-0.2, 0) is 24.2 Å². The molecule has 3 aromatic heterocycles. The summed E-state index contributed by atoms with van der Waals surface area (Å²) in [6.07, 6.45) is 5.89. The Morgan fingerprint density at radius 1 is 1.12 bits per heavy atom. The number of para-hydroxylation sites is 1. The number of aryl methyl sites for hydroxylation is 1. The Bertz CT molecular complexity index is 1770. The van der Waals surface area contributed by atoms with Crippen LogP contribution < -0.4 is 5.32 Å². The van der Waals surface area contributed by atoms with E-state index in [9.17, 15) is 10.1 Å². The van der Waals surface area contributed by atoms with Gasteiger partial charge in [0, 0.05) is 27.9 Å². The van der Waals surface area contributed by atoms with Crippen molar-refractivity contribution in [2.75, 3.05) is 11.1 Å². The number of thiophene rings is 1. The van der Waals surface area contributed by atoms with Crippen molar-refractivity contribution < 1.29 is 4.79 Å². The summed E-state index contributed by atoms with van der Waals surface area (Å²) in [6.45, 7) is 4.42. The number of allylic oxidation sites excluding steroid dienone is 1. The first-order valence-electron chi connectivity index (χ1n) is 13.1. The van der Waals surface area contributed by atoms with Gasteiger partial charge in [0.05, 0.1) is 22.5 Å². The molecule has 0 bridgehead atoms. The van der Waals surface area contributed by atoms with Gasteiger partial charge in [0.1, 0.15) is 11.1 Å². The summed E-state index contributed by atoms with van der Waals surface area (Å²) in [5, 5.41) is 24.0. The first-order valence-corrected chi connectivity index (χ1v) is 14.9. The minimum absolute atomic E-state index is 0.148.